The summed E-state index contributed by atoms with van der Waals surface area (Å²) in [6.07, 6.45) is -1.71. The Hall–Kier alpha value is -3.39. The van der Waals surface area contributed by atoms with Crippen molar-refractivity contribution in [2.24, 2.45) is 0 Å². The first-order chi connectivity index (χ1) is 13.9. The van der Waals surface area contributed by atoms with E-state index >= 15 is 0 Å². The van der Waals surface area contributed by atoms with Crippen LogP contribution in [0.25, 0.3) is 44.2 Å². The molecule has 3 heterocycles. The Morgan fingerprint density at radius 2 is 1.76 bits per heavy atom. The Kier molecular flexibility index (Phi) is 3.85. The molecule has 29 heavy (non-hydrogen) atoms. The molecule has 0 aliphatic heterocycles. The van der Waals surface area contributed by atoms with Gasteiger partial charge in [0.2, 0.25) is 0 Å². The van der Waals surface area contributed by atoms with Gasteiger partial charge < -0.3 is 0 Å². The summed E-state index contributed by atoms with van der Waals surface area (Å²) in [7, 11) is 0. The van der Waals surface area contributed by atoms with Crippen molar-refractivity contribution in [2.75, 3.05) is 0 Å². The van der Waals surface area contributed by atoms with Crippen LogP contribution in [-0.4, -0.2) is 25.4 Å². The fourth-order valence-electron chi connectivity index (χ4n) is 3.45. The Balaban J connectivity index is 1.86. The van der Waals surface area contributed by atoms with Crippen LogP contribution >= 0.6 is 11.6 Å². The summed E-state index contributed by atoms with van der Waals surface area (Å²) in [4.78, 5) is 4.50. The number of hydrogen-bond acceptors (Lipinski definition) is 3. The summed E-state index contributed by atoms with van der Waals surface area (Å²) in [6.45, 7) is 0. The zero-order chi connectivity index (χ0) is 20.2. The molecule has 5 rings (SSSR count). The van der Waals surface area contributed by atoms with Crippen LogP contribution in [0.3, 0.4) is 0 Å². The van der Waals surface area contributed by atoms with Gasteiger partial charge in [0, 0.05) is 22.0 Å². The van der Waals surface area contributed by atoms with Gasteiger partial charge >= 0.3 is 6.18 Å². The van der Waals surface area contributed by atoms with Crippen molar-refractivity contribution in [2.45, 2.75) is 6.18 Å². The van der Waals surface area contributed by atoms with Gasteiger partial charge in [-0.2, -0.15) is 23.4 Å². The smallest absolute Gasteiger partial charge is 0.284 e. The first kappa shape index (κ1) is 17.7. The minimum Gasteiger partial charge on any atom is -0.284 e. The van der Waals surface area contributed by atoms with Gasteiger partial charge in [-0.15, -0.1) is 0 Å². The van der Waals surface area contributed by atoms with E-state index in [0.29, 0.717) is 10.5 Å². The van der Waals surface area contributed by atoms with Gasteiger partial charge in [-0.3, -0.25) is 10.2 Å². The van der Waals surface area contributed by atoms with Crippen molar-refractivity contribution in [1.29, 1.82) is 0 Å². The summed E-state index contributed by atoms with van der Waals surface area (Å²) in [5.41, 5.74) is 1.94. The van der Waals surface area contributed by atoms with E-state index in [-0.39, 0.29) is 11.3 Å². The largest absolute Gasteiger partial charge is 0.435 e. The van der Waals surface area contributed by atoms with Crippen molar-refractivity contribution in [3.05, 3.63) is 65.6 Å². The molecule has 2 aromatic carbocycles. The van der Waals surface area contributed by atoms with Gasteiger partial charge in [0.25, 0.3) is 0 Å². The molecule has 2 N–H and O–H groups in total. The topological polar surface area (TPSA) is 70.2 Å². The van der Waals surface area contributed by atoms with Gasteiger partial charge in [0.05, 0.1) is 28.5 Å². The monoisotopic (exact) mass is 413 g/mol. The van der Waals surface area contributed by atoms with Crippen LogP contribution < -0.4 is 0 Å². The third-order valence-electron chi connectivity index (χ3n) is 4.73. The number of alkyl halides is 3. The maximum Gasteiger partial charge on any atom is 0.435 e. The van der Waals surface area contributed by atoms with Crippen LogP contribution in [-0.2, 0) is 6.18 Å². The average molecular weight is 414 g/mol. The van der Waals surface area contributed by atoms with Crippen LogP contribution in [0.1, 0.15) is 5.69 Å². The highest BCUT2D eigenvalue weighted by molar-refractivity contribution is 6.30. The molecular weight excluding hydrogens is 403 g/mol. The second kappa shape index (κ2) is 6.31. The average Bonchev–Trinajstić information content (AvgIpc) is 3.36. The molecule has 0 atom stereocenters. The van der Waals surface area contributed by atoms with Gasteiger partial charge in [-0.1, -0.05) is 23.7 Å². The second-order valence-corrected chi connectivity index (χ2v) is 6.93. The van der Waals surface area contributed by atoms with Crippen LogP contribution in [0.5, 0.6) is 0 Å². The first-order valence-corrected chi connectivity index (χ1v) is 8.94. The molecule has 0 bridgehead atoms. The summed E-state index contributed by atoms with van der Waals surface area (Å²) in [6, 6.07) is 12.3. The molecule has 0 fully saturated rings. The molecule has 0 saturated carbocycles. The summed E-state index contributed by atoms with van der Waals surface area (Å²) >= 11 is 6.01. The second-order valence-electron chi connectivity index (χ2n) is 6.50. The fourth-order valence-corrected chi connectivity index (χ4v) is 3.58. The van der Waals surface area contributed by atoms with E-state index in [1.807, 2.05) is 12.1 Å². The van der Waals surface area contributed by atoms with Crippen molar-refractivity contribution >= 4 is 33.4 Å². The van der Waals surface area contributed by atoms with Crippen LogP contribution in [0.2, 0.25) is 5.02 Å². The van der Waals surface area contributed by atoms with Crippen LogP contribution in [0, 0.1) is 0 Å². The number of nitrogens with one attached hydrogen (secondary N) is 2. The third-order valence-corrected chi connectivity index (χ3v) is 4.99. The van der Waals surface area contributed by atoms with Gasteiger partial charge in [-0.05, 0) is 41.5 Å². The number of pyridine rings is 1. The molecule has 5 nitrogen and oxygen atoms in total. The van der Waals surface area contributed by atoms with Gasteiger partial charge in [0.1, 0.15) is 0 Å². The molecular formula is C20H11ClF3N5. The Morgan fingerprint density at radius 1 is 0.966 bits per heavy atom. The molecule has 9 heteroatoms. The molecule has 0 spiro atoms. The van der Waals surface area contributed by atoms with Gasteiger partial charge in [0.15, 0.2) is 5.69 Å². The van der Waals surface area contributed by atoms with Crippen molar-refractivity contribution in [1.82, 2.24) is 25.4 Å². The lowest BCUT2D eigenvalue weighted by atomic mass is 9.96. The number of hydrogen-bond donors (Lipinski definition) is 2. The predicted octanol–water partition coefficient (Wildman–Crippen LogP) is 5.84. The minimum absolute atomic E-state index is 0.109. The molecule has 0 aliphatic carbocycles. The summed E-state index contributed by atoms with van der Waals surface area (Å²) in [5, 5.41) is 14.9. The molecule has 5 aromatic rings. The van der Waals surface area contributed by atoms with E-state index < -0.39 is 11.9 Å². The number of nitrogens with zero attached hydrogens (tertiary/aromatic N) is 3. The number of aromatic amines is 2. The Bertz CT molecular complexity index is 1350. The van der Waals surface area contributed by atoms with E-state index in [4.69, 9.17) is 11.6 Å². The number of halogens is 4. The number of rotatable bonds is 2. The third kappa shape index (κ3) is 2.92. The zero-order valence-electron chi connectivity index (χ0n) is 14.5. The van der Waals surface area contributed by atoms with Crippen LogP contribution in [0.15, 0.2) is 54.9 Å². The molecule has 0 aliphatic rings. The molecule has 0 saturated heterocycles. The maximum atomic E-state index is 13.4. The highest BCUT2D eigenvalue weighted by atomic mass is 35.5. The Labute approximate surface area is 166 Å². The summed E-state index contributed by atoms with van der Waals surface area (Å²) < 4.78 is 40.1. The highest BCUT2D eigenvalue weighted by Crippen LogP contribution is 2.39. The molecule has 144 valence electrons. The zero-order valence-corrected chi connectivity index (χ0v) is 15.3. The number of benzene rings is 2. The molecule has 0 unspecified atom stereocenters. The lowest BCUT2D eigenvalue weighted by molar-refractivity contribution is -0.140. The summed E-state index contributed by atoms with van der Waals surface area (Å²) in [5.74, 6) is 0. The first-order valence-electron chi connectivity index (χ1n) is 8.56. The standard InChI is InChI=1S/C20H11ClF3N5/c21-11-3-1-10(2-4-11)12-7-17(14-9-26-29-19(14)20(22,23)24)27-16-6-5-15-13(18(12)16)8-25-28-15/h1-9H,(H,25,28)(H,26,29). The van der Waals surface area contributed by atoms with Crippen molar-refractivity contribution in [3.8, 4) is 22.4 Å². The number of aromatic nitrogens is 5. The predicted molar refractivity (Wildman–Crippen MR) is 104 cm³/mol. The minimum atomic E-state index is -4.60. The molecule has 3 aromatic heterocycles. The SMILES string of the molecule is FC(F)(F)c1n[nH]cc1-c1cc(-c2ccc(Cl)cc2)c2c(ccc3[nH]ncc32)n1. The Morgan fingerprint density at radius 3 is 2.52 bits per heavy atom. The van der Waals surface area contributed by atoms with E-state index in [9.17, 15) is 13.2 Å². The van der Waals surface area contributed by atoms with E-state index in [1.165, 1.54) is 6.20 Å². The van der Waals surface area contributed by atoms with E-state index in [0.717, 1.165) is 27.4 Å². The molecule has 0 amide bonds. The highest BCUT2D eigenvalue weighted by Gasteiger charge is 2.37. The van der Waals surface area contributed by atoms with Crippen molar-refractivity contribution in [3.63, 3.8) is 0 Å². The fraction of sp³-hybridized carbons (Fsp3) is 0.0500. The number of H-pyrrole nitrogens is 2. The quantitative estimate of drug-likeness (QED) is 0.382. The molecule has 0 radical (unpaired) electrons. The maximum absolute atomic E-state index is 13.4. The number of fused-ring (bicyclic) bond motifs is 3. The van der Waals surface area contributed by atoms with E-state index in [1.54, 1.807) is 36.5 Å². The lowest BCUT2D eigenvalue weighted by Crippen LogP contribution is -2.07. The lowest BCUT2D eigenvalue weighted by Gasteiger charge is -2.12. The van der Waals surface area contributed by atoms with E-state index in [2.05, 4.69) is 25.4 Å². The normalized spacial score (nSPS) is 12.1. The van der Waals surface area contributed by atoms with Crippen LogP contribution in [0.4, 0.5) is 13.2 Å². The van der Waals surface area contributed by atoms with Crippen molar-refractivity contribution < 1.29 is 13.2 Å². The van der Waals surface area contributed by atoms with Gasteiger partial charge in [-0.25, -0.2) is 4.98 Å².